The molecule has 0 unspecified atom stereocenters. The van der Waals surface area contributed by atoms with Gasteiger partial charge in [-0.1, -0.05) is 0 Å². The third kappa shape index (κ3) is 2.30. The van der Waals surface area contributed by atoms with E-state index in [2.05, 4.69) is 4.98 Å². The third-order valence-electron chi connectivity index (χ3n) is 4.38. The lowest BCUT2D eigenvalue weighted by atomic mass is 9.83. The van der Waals surface area contributed by atoms with Gasteiger partial charge in [-0.15, -0.1) is 0 Å². The van der Waals surface area contributed by atoms with Crippen molar-refractivity contribution in [3.05, 3.63) is 23.6 Å². The van der Waals surface area contributed by atoms with Crippen LogP contribution < -0.4 is 5.59 Å². The van der Waals surface area contributed by atoms with Crippen LogP contribution in [0.15, 0.2) is 12.1 Å². The van der Waals surface area contributed by atoms with Crippen molar-refractivity contribution in [1.82, 2.24) is 4.98 Å². The number of hydrogen-bond acceptors (Lipinski definition) is 3. The van der Waals surface area contributed by atoms with E-state index in [1.807, 2.05) is 33.8 Å². The SMILES string of the molecule is CC1(C)OB(c2cc(C3CC3)cc(F)n2)OC1(C)C. The van der Waals surface area contributed by atoms with Crippen molar-refractivity contribution in [1.29, 1.82) is 0 Å². The van der Waals surface area contributed by atoms with Crippen molar-refractivity contribution in [2.45, 2.75) is 57.7 Å². The Labute approximate surface area is 113 Å². The standard InChI is InChI=1S/C14H19BFNO2/c1-13(2)14(3,4)19-15(18-13)11-7-10(9-5-6-9)8-12(16)17-11/h7-9H,5-6H2,1-4H3. The van der Waals surface area contributed by atoms with Crippen molar-refractivity contribution < 1.29 is 13.7 Å². The minimum absolute atomic E-state index is 0.425. The second-order valence-electron chi connectivity index (χ2n) is 6.51. The molecule has 1 saturated carbocycles. The van der Waals surface area contributed by atoms with Gasteiger partial charge >= 0.3 is 7.12 Å². The largest absolute Gasteiger partial charge is 0.514 e. The molecular formula is C14H19BFNO2. The minimum atomic E-state index is -0.585. The Morgan fingerprint density at radius 1 is 1.16 bits per heavy atom. The van der Waals surface area contributed by atoms with Gasteiger partial charge in [0.1, 0.15) is 0 Å². The summed E-state index contributed by atoms with van der Waals surface area (Å²) in [5, 5.41) is 0. The second kappa shape index (κ2) is 4.03. The highest BCUT2D eigenvalue weighted by Gasteiger charge is 2.52. The molecule has 1 aromatic heterocycles. The van der Waals surface area contributed by atoms with E-state index in [1.54, 1.807) is 0 Å². The van der Waals surface area contributed by atoms with Gasteiger partial charge in [-0.25, -0.2) is 4.98 Å². The second-order valence-corrected chi connectivity index (χ2v) is 6.51. The molecule has 0 atom stereocenters. The molecule has 1 aliphatic carbocycles. The van der Waals surface area contributed by atoms with Gasteiger partial charge in [0.2, 0.25) is 5.95 Å². The van der Waals surface area contributed by atoms with E-state index in [0.29, 0.717) is 11.5 Å². The van der Waals surface area contributed by atoms with Crippen molar-refractivity contribution >= 4 is 12.7 Å². The van der Waals surface area contributed by atoms with Gasteiger partial charge in [0, 0.05) is 0 Å². The third-order valence-corrected chi connectivity index (χ3v) is 4.38. The highest BCUT2D eigenvalue weighted by Crippen LogP contribution is 2.40. The fourth-order valence-corrected chi connectivity index (χ4v) is 2.27. The van der Waals surface area contributed by atoms with Crippen LogP contribution in [0.5, 0.6) is 0 Å². The van der Waals surface area contributed by atoms with Crippen LogP contribution in [0.3, 0.4) is 0 Å². The van der Waals surface area contributed by atoms with E-state index < -0.39 is 24.3 Å². The van der Waals surface area contributed by atoms with Gasteiger partial charge in [0.15, 0.2) is 0 Å². The molecule has 19 heavy (non-hydrogen) atoms. The molecule has 2 fully saturated rings. The lowest BCUT2D eigenvalue weighted by molar-refractivity contribution is 0.00578. The van der Waals surface area contributed by atoms with Crippen LogP contribution in [0.4, 0.5) is 4.39 Å². The van der Waals surface area contributed by atoms with Crippen LogP contribution in [0.1, 0.15) is 52.0 Å². The average molecular weight is 263 g/mol. The van der Waals surface area contributed by atoms with Gasteiger partial charge < -0.3 is 9.31 Å². The summed E-state index contributed by atoms with van der Waals surface area (Å²) in [7, 11) is -0.585. The normalized spacial score (nSPS) is 24.8. The summed E-state index contributed by atoms with van der Waals surface area (Å²) in [6.07, 6.45) is 2.26. The zero-order chi connectivity index (χ0) is 13.8. The van der Waals surface area contributed by atoms with Gasteiger partial charge in [-0.2, -0.15) is 4.39 Å². The van der Waals surface area contributed by atoms with Crippen molar-refractivity contribution in [2.75, 3.05) is 0 Å². The molecule has 0 N–H and O–H groups in total. The lowest BCUT2D eigenvalue weighted by Gasteiger charge is -2.32. The van der Waals surface area contributed by atoms with E-state index in [-0.39, 0.29) is 0 Å². The molecule has 1 aromatic rings. The summed E-state index contributed by atoms with van der Waals surface area (Å²) < 4.78 is 25.4. The molecule has 0 aromatic carbocycles. The summed E-state index contributed by atoms with van der Waals surface area (Å²) in [6.45, 7) is 7.92. The number of halogens is 1. The molecule has 1 saturated heterocycles. The van der Waals surface area contributed by atoms with E-state index in [9.17, 15) is 4.39 Å². The highest BCUT2D eigenvalue weighted by atomic mass is 19.1. The topological polar surface area (TPSA) is 31.4 Å². The summed E-state index contributed by atoms with van der Waals surface area (Å²) in [5.74, 6) is 0.0350. The smallest absolute Gasteiger partial charge is 0.398 e. The van der Waals surface area contributed by atoms with Gasteiger partial charge in [-0.3, -0.25) is 0 Å². The van der Waals surface area contributed by atoms with Gasteiger partial charge in [0.05, 0.1) is 16.8 Å². The molecule has 2 aliphatic rings. The summed E-state index contributed by atoms with van der Waals surface area (Å²) in [4.78, 5) is 3.94. The predicted octanol–water partition coefficient (Wildman–Crippen LogP) is 2.40. The highest BCUT2D eigenvalue weighted by molar-refractivity contribution is 6.61. The first-order chi connectivity index (χ1) is 8.78. The first-order valence-electron chi connectivity index (χ1n) is 6.81. The fraction of sp³-hybridized carbons (Fsp3) is 0.643. The molecular weight excluding hydrogens is 244 g/mol. The molecule has 0 radical (unpaired) electrons. The van der Waals surface area contributed by atoms with Crippen LogP contribution in [0, 0.1) is 5.95 Å². The Balaban J connectivity index is 1.91. The van der Waals surface area contributed by atoms with E-state index in [0.717, 1.165) is 18.4 Å². The number of pyridine rings is 1. The van der Waals surface area contributed by atoms with Crippen molar-refractivity contribution in [3.8, 4) is 0 Å². The van der Waals surface area contributed by atoms with E-state index >= 15 is 0 Å². The Bertz CT molecular complexity index is 498. The average Bonchev–Trinajstić information content (AvgIpc) is 3.06. The quantitative estimate of drug-likeness (QED) is 0.606. The zero-order valence-electron chi connectivity index (χ0n) is 11.9. The Morgan fingerprint density at radius 2 is 1.74 bits per heavy atom. The Morgan fingerprint density at radius 3 is 2.26 bits per heavy atom. The molecule has 2 heterocycles. The number of nitrogens with zero attached hydrogens (tertiary/aromatic N) is 1. The molecule has 0 bridgehead atoms. The minimum Gasteiger partial charge on any atom is -0.398 e. The lowest BCUT2D eigenvalue weighted by Crippen LogP contribution is -2.41. The fourth-order valence-electron chi connectivity index (χ4n) is 2.27. The molecule has 0 spiro atoms. The maximum absolute atomic E-state index is 13.6. The first-order valence-corrected chi connectivity index (χ1v) is 6.81. The Kier molecular flexibility index (Phi) is 2.77. The molecule has 3 nitrogen and oxygen atoms in total. The summed E-state index contributed by atoms with van der Waals surface area (Å²) in [5.41, 5.74) is 0.703. The maximum Gasteiger partial charge on any atom is 0.514 e. The monoisotopic (exact) mass is 263 g/mol. The van der Waals surface area contributed by atoms with Gasteiger partial charge in [-0.05, 0) is 64.2 Å². The molecule has 102 valence electrons. The Hall–Kier alpha value is -0.935. The molecule has 1 aliphatic heterocycles. The number of aromatic nitrogens is 1. The zero-order valence-corrected chi connectivity index (χ0v) is 11.9. The molecule has 0 amide bonds. The van der Waals surface area contributed by atoms with Crippen LogP contribution in [-0.2, 0) is 9.31 Å². The number of hydrogen-bond donors (Lipinski definition) is 0. The maximum atomic E-state index is 13.6. The van der Waals surface area contributed by atoms with Gasteiger partial charge in [0.25, 0.3) is 0 Å². The molecule has 5 heteroatoms. The molecule has 3 rings (SSSR count). The van der Waals surface area contributed by atoms with Crippen LogP contribution in [0.25, 0.3) is 0 Å². The van der Waals surface area contributed by atoms with Crippen LogP contribution >= 0.6 is 0 Å². The first kappa shape index (κ1) is 13.1. The summed E-state index contributed by atoms with van der Waals surface area (Å²) in [6, 6.07) is 3.44. The van der Waals surface area contributed by atoms with Crippen LogP contribution in [0.2, 0.25) is 0 Å². The summed E-state index contributed by atoms with van der Waals surface area (Å²) >= 11 is 0. The van der Waals surface area contributed by atoms with Crippen molar-refractivity contribution in [3.63, 3.8) is 0 Å². The number of rotatable bonds is 2. The van der Waals surface area contributed by atoms with Crippen LogP contribution in [-0.4, -0.2) is 23.3 Å². The van der Waals surface area contributed by atoms with Crippen molar-refractivity contribution in [2.24, 2.45) is 0 Å². The van der Waals surface area contributed by atoms with E-state index in [4.69, 9.17) is 9.31 Å². The predicted molar refractivity (Wildman–Crippen MR) is 71.9 cm³/mol. The van der Waals surface area contributed by atoms with E-state index in [1.165, 1.54) is 6.07 Å².